The number of nitrogens with zero attached hydrogens (tertiary/aromatic N) is 4. The first kappa shape index (κ1) is 14.9. The van der Waals surface area contributed by atoms with E-state index in [9.17, 15) is 9.36 Å². The van der Waals surface area contributed by atoms with Crippen molar-refractivity contribution in [2.45, 2.75) is 25.6 Å². The fraction of sp³-hybridized carbons (Fsp3) is 0.556. The minimum absolute atomic E-state index is 0.0621. The molecule has 20 heavy (non-hydrogen) atoms. The third-order valence-corrected chi connectivity index (χ3v) is 3.04. The van der Waals surface area contributed by atoms with Crippen LogP contribution in [0, 0.1) is 0 Å². The molecule has 2 heterocycles. The molecule has 2 aliphatic rings. The Morgan fingerprint density at radius 2 is 2.25 bits per heavy atom. The SMILES string of the molecule is CCCC1(N)N=C2N=CN=C2C(=O)N1OCP(=O)(O)O. The van der Waals surface area contributed by atoms with Crippen LogP contribution in [-0.2, 0) is 14.2 Å². The van der Waals surface area contributed by atoms with Gasteiger partial charge in [-0.1, -0.05) is 13.3 Å². The van der Waals surface area contributed by atoms with Gasteiger partial charge in [0.2, 0.25) is 5.79 Å². The monoisotopic (exact) mass is 303 g/mol. The van der Waals surface area contributed by atoms with Gasteiger partial charge in [-0.25, -0.2) is 15.0 Å². The average molecular weight is 303 g/mol. The molecule has 1 atom stereocenters. The van der Waals surface area contributed by atoms with Gasteiger partial charge in [-0.15, -0.1) is 0 Å². The van der Waals surface area contributed by atoms with Gasteiger partial charge in [0.25, 0.3) is 0 Å². The van der Waals surface area contributed by atoms with Crippen molar-refractivity contribution < 1.29 is 24.0 Å². The van der Waals surface area contributed by atoms with Gasteiger partial charge < -0.3 is 9.79 Å². The van der Waals surface area contributed by atoms with E-state index in [0.29, 0.717) is 11.5 Å². The number of rotatable bonds is 5. The maximum absolute atomic E-state index is 12.2. The maximum atomic E-state index is 12.2. The van der Waals surface area contributed by atoms with Crippen molar-refractivity contribution >= 4 is 31.4 Å². The molecule has 0 aromatic heterocycles. The van der Waals surface area contributed by atoms with E-state index in [1.807, 2.05) is 6.92 Å². The second-order valence-corrected chi connectivity index (χ2v) is 5.90. The van der Waals surface area contributed by atoms with Crippen LogP contribution in [0.25, 0.3) is 0 Å². The molecule has 0 bridgehead atoms. The molecule has 0 aliphatic carbocycles. The number of aliphatic imine (C=N–C) groups is 3. The molecule has 2 rings (SSSR count). The van der Waals surface area contributed by atoms with Gasteiger partial charge >= 0.3 is 13.5 Å². The molecular formula is C9H14N5O5P. The highest BCUT2D eigenvalue weighted by Gasteiger charge is 2.46. The highest BCUT2D eigenvalue weighted by atomic mass is 31.2. The van der Waals surface area contributed by atoms with Gasteiger partial charge in [-0.3, -0.25) is 19.9 Å². The fourth-order valence-electron chi connectivity index (χ4n) is 1.82. The molecule has 0 fully saturated rings. The molecule has 4 N–H and O–H groups in total. The zero-order chi connectivity index (χ0) is 15.0. The molecule has 110 valence electrons. The van der Waals surface area contributed by atoms with Crippen molar-refractivity contribution in [3.05, 3.63) is 0 Å². The standard InChI is InChI=1S/C9H14N5O5P/c1-2-3-9(10)13-7-6(11-4-12-7)8(15)14(9)19-5-20(16,17)18/h4H,2-3,5,10H2,1H3,(H2,16,17,18). The lowest BCUT2D eigenvalue weighted by Gasteiger charge is -2.38. The Hall–Kier alpha value is -1.45. The summed E-state index contributed by atoms with van der Waals surface area (Å²) in [6, 6.07) is 0. The summed E-state index contributed by atoms with van der Waals surface area (Å²) >= 11 is 0. The predicted molar refractivity (Wildman–Crippen MR) is 70.0 cm³/mol. The van der Waals surface area contributed by atoms with E-state index in [4.69, 9.17) is 20.4 Å². The van der Waals surface area contributed by atoms with E-state index in [1.54, 1.807) is 0 Å². The van der Waals surface area contributed by atoms with Gasteiger partial charge in [0, 0.05) is 6.42 Å². The second kappa shape index (κ2) is 5.15. The Morgan fingerprint density at radius 1 is 1.55 bits per heavy atom. The Bertz CT molecular complexity index is 567. The molecule has 0 radical (unpaired) electrons. The first-order valence-electron chi connectivity index (χ1n) is 5.78. The summed E-state index contributed by atoms with van der Waals surface area (Å²) in [5, 5.41) is 0.659. The molecule has 2 aliphatic heterocycles. The maximum Gasteiger partial charge on any atom is 0.353 e. The van der Waals surface area contributed by atoms with Crippen LogP contribution in [0.4, 0.5) is 0 Å². The summed E-state index contributed by atoms with van der Waals surface area (Å²) < 4.78 is 10.9. The van der Waals surface area contributed by atoms with Crippen molar-refractivity contribution in [3.8, 4) is 0 Å². The van der Waals surface area contributed by atoms with Crippen molar-refractivity contribution in [3.63, 3.8) is 0 Å². The number of amidine groups is 1. The normalized spacial score (nSPS) is 25.6. The number of hydrogen-bond donors (Lipinski definition) is 3. The van der Waals surface area contributed by atoms with Gasteiger partial charge in [0.1, 0.15) is 6.34 Å². The number of nitrogens with two attached hydrogens (primary N) is 1. The van der Waals surface area contributed by atoms with Gasteiger partial charge in [0.15, 0.2) is 17.9 Å². The summed E-state index contributed by atoms with van der Waals surface area (Å²) in [4.78, 5) is 46.4. The van der Waals surface area contributed by atoms with Crippen LogP contribution < -0.4 is 5.73 Å². The first-order valence-corrected chi connectivity index (χ1v) is 7.58. The van der Waals surface area contributed by atoms with E-state index in [1.165, 1.54) is 0 Å². The summed E-state index contributed by atoms with van der Waals surface area (Å²) in [6.07, 6.45) is 1.00. The molecule has 10 nitrogen and oxygen atoms in total. The Balaban J connectivity index is 2.32. The zero-order valence-electron chi connectivity index (χ0n) is 10.6. The zero-order valence-corrected chi connectivity index (χ0v) is 11.5. The van der Waals surface area contributed by atoms with Crippen LogP contribution in [0.15, 0.2) is 15.0 Å². The Kier molecular flexibility index (Phi) is 3.85. The van der Waals surface area contributed by atoms with E-state index in [0.717, 1.165) is 6.34 Å². The van der Waals surface area contributed by atoms with Crippen LogP contribution in [0.5, 0.6) is 0 Å². The van der Waals surface area contributed by atoms with E-state index < -0.39 is 25.6 Å². The molecule has 0 saturated heterocycles. The molecule has 0 spiro atoms. The molecule has 1 unspecified atom stereocenters. The Morgan fingerprint density at radius 3 is 2.85 bits per heavy atom. The predicted octanol–water partition coefficient (Wildman–Crippen LogP) is -0.811. The average Bonchev–Trinajstić information content (AvgIpc) is 2.75. The van der Waals surface area contributed by atoms with Crippen molar-refractivity contribution in [2.75, 3.05) is 6.35 Å². The lowest BCUT2D eigenvalue weighted by Crippen LogP contribution is -2.62. The quantitative estimate of drug-likeness (QED) is 0.565. The fourth-order valence-corrected chi connectivity index (χ4v) is 2.09. The summed E-state index contributed by atoms with van der Waals surface area (Å²) in [5.74, 6) is -2.18. The third-order valence-electron chi connectivity index (χ3n) is 2.59. The molecule has 0 saturated carbocycles. The van der Waals surface area contributed by atoms with E-state index >= 15 is 0 Å². The van der Waals surface area contributed by atoms with Gasteiger partial charge in [0.05, 0.1) is 0 Å². The number of hydrogen-bond acceptors (Lipinski definition) is 7. The minimum Gasteiger partial charge on any atom is -0.323 e. The van der Waals surface area contributed by atoms with Gasteiger partial charge in [-0.2, -0.15) is 5.06 Å². The highest BCUT2D eigenvalue weighted by Crippen LogP contribution is 2.36. The van der Waals surface area contributed by atoms with Crippen LogP contribution in [0.1, 0.15) is 19.8 Å². The second-order valence-electron chi connectivity index (χ2n) is 4.31. The van der Waals surface area contributed by atoms with Crippen LogP contribution >= 0.6 is 7.60 Å². The summed E-state index contributed by atoms with van der Waals surface area (Å²) in [6.45, 7) is 1.82. The minimum atomic E-state index is -4.45. The number of carbonyl (C=O) groups is 1. The van der Waals surface area contributed by atoms with Crippen LogP contribution in [0.2, 0.25) is 0 Å². The largest absolute Gasteiger partial charge is 0.353 e. The highest BCUT2D eigenvalue weighted by molar-refractivity contribution is 7.51. The lowest BCUT2D eigenvalue weighted by atomic mass is 10.1. The summed E-state index contributed by atoms with van der Waals surface area (Å²) in [5.41, 5.74) is 5.94. The first-order chi connectivity index (χ1) is 9.27. The molecule has 0 aromatic carbocycles. The third kappa shape index (κ3) is 2.84. The number of carbonyl (C=O) groups excluding carboxylic acids is 1. The van der Waals surface area contributed by atoms with Crippen molar-refractivity contribution in [1.29, 1.82) is 0 Å². The van der Waals surface area contributed by atoms with Crippen molar-refractivity contribution in [2.24, 2.45) is 20.7 Å². The number of hydroxylamine groups is 2. The smallest absolute Gasteiger partial charge is 0.323 e. The van der Waals surface area contributed by atoms with Crippen LogP contribution in [0.3, 0.4) is 0 Å². The number of fused-ring (bicyclic) bond motifs is 1. The molecule has 0 aromatic rings. The Labute approximate surface area is 114 Å². The van der Waals surface area contributed by atoms with E-state index in [-0.39, 0.29) is 18.0 Å². The summed E-state index contributed by atoms with van der Waals surface area (Å²) in [7, 11) is -4.45. The van der Waals surface area contributed by atoms with Crippen LogP contribution in [-0.4, -0.2) is 50.8 Å². The van der Waals surface area contributed by atoms with Gasteiger partial charge in [-0.05, 0) is 0 Å². The molecule has 1 amide bonds. The number of amides is 1. The topological polar surface area (TPSA) is 150 Å². The molecular weight excluding hydrogens is 289 g/mol. The van der Waals surface area contributed by atoms with Crippen molar-refractivity contribution in [1.82, 2.24) is 5.06 Å². The molecule has 11 heteroatoms. The van der Waals surface area contributed by atoms with E-state index in [2.05, 4.69) is 15.0 Å². The lowest BCUT2D eigenvalue weighted by molar-refractivity contribution is -0.209.